The Labute approximate surface area is 189 Å². The van der Waals surface area contributed by atoms with Gasteiger partial charge in [-0.15, -0.1) is 0 Å². The third-order valence-electron chi connectivity index (χ3n) is 5.38. The molecular weight excluding hydrogens is 439 g/mol. The third-order valence-corrected chi connectivity index (χ3v) is 5.38. The molecule has 1 N–H and O–H groups in total. The Bertz CT molecular complexity index is 1090. The van der Waals surface area contributed by atoms with Crippen molar-refractivity contribution in [1.29, 1.82) is 0 Å². The van der Waals surface area contributed by atoms with Crippen LogP contribution >= 0.6 is 0 Å². The van der Waals surface area contributed by atoms with Gasteiger partial charge in [0.15, 0.2) is 17.3 Å². The first-order valence-electron chi connectivity index (χ1n) is 10.6. The Balaban J connectivity index is 1.62. The number of fused-ring (bicyclic) bond motifs is 1. The molecule has 4 rings (SSSR count). The lowest BCUT2D eigenvalue weighted by Gasteiger charge is -2.32. The van der Waals surface area contributed by atoms with E-state index in [9.17, 15) is 13.2 Å². The molecule has 33 heavy (non-hydrogen) atoms. The number of morpholine rings is 1. The highest BCUT2D eigenvalue weighted by molar-refractivity contribution is 5.83. The van der Waals surface area contributed by atoms with Crippen LogP contribution in [0.1, 0.15) is 23.2 Å². The van der Waals surface area contributed by atoms with Gasteiger partial charge in [-0.2, -0.15) is 13.2 Å². The second kappa shape index (κ2) is 9.98. The zero-order valence-corrected chi connectivity index (χ0v) is 18.5. The smallest absolute Gasteiger partial charge is 0.383 e. The van der Waals surface area contributed by atoms with E-state index in [4.69, 9.17) is 9.47 Å². The van der Waals surface area contributed by atoms with Gasteiger partial charge in [-0.25, -0.2) is 15.0 Å². The normalized spacial score (nSPS) is 17.5. The van der Waals surface area contributed by atoms with E-state index in [0.717, 1.165) is 28.7 Å². The Morgan fingerprint density at radius 1 is 1.27 bits per heavy atom. The standard InChI is InChI=1S/C21H26F3N7O2/c1-14-15(4-3-5-25-14)10-30-7-9-33-16(11-30)18-28-19(26-6-8-32-2)17-20(29-18)31(13-27-17)12-21(22,23)24/h3-5,13,16H,6-12H2,1-2H3,(H,26,28,29). The lowest BCUT2D eigenvalue weighted by molar-refractivity contribution is -0.140. The molecule has 1 saturated heterocycles. The van der Waals surface area contributed by atoms with Crippen molar-refractivity contribution >= 4 is 17.0 Å². The van der Waals surface area contributed by atoms with E-state index in [1.165, 1.54) is 0 Å². The van der Waals surface area contributed by atoms with Crippen LogP contribution in [-0.2, 0) is 22.6 Å². The summed E-state index contributed by atoms with van der Waals surface area (Å²) in [5.41, 5.74) is 2.46. The van der Waals surface area contributed by atoms with Gasteiger partial charge in [-0.3, -0.25) is 9.88 Å². The maximum atomic E-state index is 13.1. The van der Waals surface area contributed by atoms with Crippen molar-refractivity contribution in [2.24, 2.45) is 0 Å². The van der Waals surface area contributed by atoms with Gasteiger partial charge in [0.25, 0.3) is 0 Å². The summed E-state index contributed by atoms with van der Waals surface area (Å²) in [6, 6.07) is 3.93. The molecule has 0 spiro atoms. The lowest BCUT2D eigenvalue weighted by atomic mass is 10.1. The average Bonchev–Trinajstić information content (AvgIpc) is 3.17. The number of rotatable bonds is 8. The number of aromatic nitrogens is 5. The fourth-order valence-electron chi connectivity index (χ4n) is 3.74. The van der Waals surface area contributed by atoms with Crippen LogP contribution in [0.4, 0.5) is 19.0 Å². The number of imidazole rings is 1. The molecule has 9 nitrogen and oxygen atoms in total. The number of ether oxygens (including phenoxy) is 2. The second-order valence-electron chi connectivity index (χ2n) is 7.85. The Morgan fingerprint density at radius 3 is 2.88 bits per heavy atom. The first kappa shape index (κ1) is 23.3. The fraction of sp³-hybridized carbons (Fsp3) is 0.524. The Hall–Kier alpha value is -2.83. The van der Waals surface area contributed by atoms with Crippen LogP contribution in [0.3, 0.4) is 0 Å². The molecule has 0 radical (unpaired) electrons. The summed E-state index contributed by atoms with van der Waals surface area (Å²) in [4.78, 5) is 19.7. The molecule has 1 aliphatic rings. The molecule has 1 aliphatic heterocycles. The van der Waals surface area contributed by atoms with E-state index in [1.54, 1.807) is 13.3 Å². The summed E-state index contributed by atoms with van der Waals surface area (Å²) in [5.74, 6) is 0.677. The summed E-state index contributed by atoms with van der Waals surface area (Å²) >= 11 is 0. The summed E-state index contributed by atoms with van der Waals surface area (Å²) < 4.78 is 51.2. The summed E-state index contributed by atoms with van der Waals surface area (Å²) in [6.45, 7) is 3.98. The first-order chi connectivity index (χ1) is 15.8. The number of halogens is 3. The molecule has 12 heteroatoms. The third kappa shape index (κ3) is 5.75. The van der Waals surface area contributed by atoms with Crippen LogP contribution in [0, 0.1) is 6.92 Å². The minimum absolute atomic E-state index is 0.112. The predicted molar refractivity (Wildman–Crippen MR) is 115 cm³/mol. The van der Waals surface area contributed by atoms with Crippen molar-refractivity contribution in [3.05, 3.63) is 41.7 Å². The highest BCUT2D eigenvalue weighted by Crippen LogP contribution is 2.28. The van der Waals surface area contributed by atoms with E-state index < -0.39 is 18.8 Å². The van der Waals surface area contributed by atoms with Gasteiger partial charge in [-0.1, -0.05) is 6.07 Å². The lowest BCUT2D eigenvalue weighted by Crippen LogP contribution is -2.38. The van der Waals surface area contributed by atoms with E-state index in [2.05, 4.69) is 30.2 Å². The van der Waals surface area contributed by atoms with Crippen LogP contribution in [0.15, 0.2) is 24.7 Å². The van der Waals surface area contributed by atoms with Crippen molar-refractivity contribution in [2.75, 3.05) is 45.3 Å². The monoisotopic (exact) mass is 465 g/mol. The maximum Gasteiger partial charge on any atom is 0.406 e. The zero-order chi connectivity index (χ0) is 23.4. The SMILES string of the molecule is COCCNc1nc(C2CN(Cc3cccnc3C)CCO2)nc2c1ncn2CC(F)(F)F. The van der Waals surface area contributed by atoms with E-state index in [0.29, 0.717) is 44.5 Å². The highest BCUT2D eigenvalue weighted by atomic mass is 19.4. The number of methoxy groups -OCH3 is 1. The molecule has 0 aliphatic carbocycles. The number of aryl methyl sites for hydroxylation is 1. The molecule has 3 aromatic rings. The fourth-order valence-corrected chi connectivity index (χ4v) is 3.74. The number of nitrogens with zero attached hydrogens (tertiary/aromatic N) is 6. The topological polar surface area (TPSA) is 90.2 Å². The molecule has 4 heterocycles. The quantitative estimate of drug-likeness (QED) is 0.508. The number of hydrogen-bond donors (Lipinski definition) is 1. The molecule has 0 bridgehead atoms. The van der Waals surface area contributed by atoms with Crippen LogP contribution in [0.5, 0.6) is 0 Å². The van der Waals surface area contributed by atoms with Crippen LogP contribution in [-0.4, -0.2) is 75.5 Å². The molecule has 0 aromatic carbocycles. The Kier molecular flexibility index (Phi) is 7.05. The largest absolute Gasteiger partial charge is 0.406 e. The Morgan fingerprint density at radius 2 is 2.12 bits per heavy atom. The van der Waals surface area contributed by atoms with Crippen molar-refractivity contribution in [1.82, 2.24) is 29.4 Å². The van der Waals surface area contributed by atoms with Crippen LogP contribution < -0.4 is 5.32 Å². The molecule has 178 valence electrons. The van der Waals surface area contributed by atoms with E-state index >= 15 is 0 Å². The van der Waals surface area contributed by atoms with Gasteiger partial charge in [0, 0.05) is 45.2 Å². The molecule has 1 atom stereocenters. The number of nitrogens with one attached hydrogen (secondary N) is 1. The molecular formula is C21H26F3N7O2. The van der Waals surface area contributed by atoms with Crippen molar-refractivity contribution in [3.8, 4) is 0 Å². The van der Waals surface area contributed by atoms with E-state index in [1.807, 2.05) is 19.1 Å². The number of hydrogen-bond acceptors (Lipinski definition) is 8. The number of alkyl halides is 3. The van der Waals surface area contributed by atoms with Gasteiger partial charge < -0.3 is 19.4 Å². The summed E-state index contributed by atoms with van der Waals surface area (Å²) in [7, 11) is 1.56. The van der Waals surface area contributed by atoms with Gasteiger partial charge in [-0.05, 0) is 18.6 Å². The molecule has 0 amide bonds. The van der Waals surface area contributed by atoms with E-state index in [-0.39, 0.29) is 11.2 Å². The molecule has 1 fully saturated rings. The molecule has 3 aromatic heterocycles. The van der Waals surface area contributed by atoms with Gasteiger partial charge in [0.1, 0.15) is 18.2 Å². The molecule has 0 saturated carbocycles. The van der Waals surface area contributed by atoms with Crippen LogP contribution in [0.2, 0.25) is 0 Å². The minimum Gasteiger partial charge on any atom is -0.383 e. The first-order valence-corrected chi connectivity index (χ1v) is 10.6. The van der Waals surface area contributed by atoms with Gasteiger partial charge in [0.05, 0.1) is 19.5 Å². The zero-order valence-electron chi connectivity index (χ0n) is 18.5. The predicted octanol–water partition coefficient (Wildman–Crippen LogP) is 2.72. The summed E-state index contributed by atoms with van der Waals surface area (Å²) in [6.07, 6.45) is -2.00. The maximum absolute atomic E-state index is 13.1. The number of anilines is 1. The summed E-state index contributed by atoms with van der Waals surface area (Å²) in [5, 5.41) is 3.09. The van der Waals surface area contributed by atoms with Crippen molar-refractivity contribution in [2.45, 2.75) is 32.3 Å². The second-order valence-corrected chi connectivity index (χ2v) is 7.85. The molecule has 1 unspecified atom stereocenters. The van der Waals surface area contributed by atoms with Gasteiger partial charge >= 0.3 is 6.18 Å². The van der Waals surface area contributed by atoms with Crippen molar-refractivity contribution in [3.63, 3.8) is 0 Å². The minimum atomic E-state index is -4.40. The average molecular weight is 465 g/mol. The van der Waals surface area contributed by atoms with Crippen LogP contribution in [0.25, 0.3) is 11.2 Å². The van der Waals surface area contributed by atoms with Gasteiger partial charge in [0.2, 0.25) is 0 Å². The number of pyridine rings is 1. The highest BCUT2D eigenvalue weighted by Gasteiger charge is 2.31. The van der Waals surface area contributed by atoms with Crippen molar-refractivity contribution < 1.29 is 22.6 Å².